The van der Waals surface area contributed by atoms with Crippen molar-refractivity contribution in [2.45, 2.75) is 70.2 Å². The monoisotopic (exact) mass is 803 g/mol. The number of nitrogens with one attached hydrogen (secondary N) is 3. The molecule has 58 heavy (non-hydrogen) atoms. The Kier molecular flexibility index (Phi) is 13.3. The Balaban J connectivity index is 1.11. The number of urea groups is 1. The quantitative estimate of drug-likeness (QED) is 0.192. The highest BCUT2D eigenvalue weighted by molar-refractivity contribution is 6.12. The standard InChI is InChI=1S/C43H52F3N7O5/c1-27(20-48-42(56)31-9-7-29(8-10-31)24-52-38(54)13-14-39(52)55)49-43(57)53(25-32-21-47-22-36(32)46)40(30-15-17-58-18-16-30)41-50-37(34-19-33(44)11-12-35(34)45)26-51(41)23-28-5-3-2-4-6-28/h2-6,11-14,19,26-27,29-32,36,40,47H,7-10,15-18,20-25H2,1H3,(H,48,56)(H,49,57)/t27-,29?,31?,32-,36-,40?/m0/s1. The number of alkyl halides is 1. The summed E-state index contributed by atoms with van der Waals surface area (Å²) in [6.45, 7) is 4.16. The summed E-state index contributed by atoms with van der Waals surface area (Å²) < 4.78 is 52.8. The molecule has 5 amide bonds. The Morgan fingerprint density at radius 3 is 2.40 bits per heavy atom. The second kappa shape index (κ2) is 18.7. The SMILES string of the molecule is C[C@@H](CNC(=O)C1CCC(CN2C(=O)C=CC2=O)CC1)NC(=O)N(C[C@@H]1CNC[C@@H]1F)C(c1nc(-c2cc(F)ccc2F)cn1Cc1ccccc1)C1CCOCC1. The van der Waals surface area contributed by atoms with Gasteiger partial charge in [0.2, 0.25) is 5.91 Å². The van der Waals surface area contributed by atoms with Gasteiger partial charge in [-0.05, 0) is 81.0 Å². The number of hydrogen-bond acceptors (Lipinski definition) is 7. The van der Waals surface area contributed by atoms with Gasteiger partial charge in [0.05, 0.1) is 11.7 Å². The highest BCUT2D eigenvalue weighted by atomic mass is 19.1. The van der Waals surface area contributed by atoms with Crippen LogP contribution in [-0.4, -0.2) is 101 Å². The van der Waals surface area contributed by atoms with Crippen LogP contribution in [0.5, 0.6) is 0 Å². The molecule has 12 nitrogen and oxygen atoms in total. The second-order valence-corrected chi connectivity index (χ2v) is 16.1. The highest BCUT2D eigenvalue weighted by Crippen LogP contribution is 2.38. The van der Waals surface area contributed by atoms with E-state index in [1.165, 1.54) is 17.1 Å². The molecule has 3 aliphatic heterocycles. The first-order valence-corrected chi connectivity index (χ1v) is 20.4. The van der Waals surface area contributed by atoms with E-state index in [0.29, 0.717) is 77.2 Å². The molecule has 3 N–H and O–H groups in total. The van der Waals surface area contributed by atoms with Gasteiger partial charge < -0.3 is 30.2 Å². The molecule has 2 saturated heterocycles. The molecule has 0 bridgehead atoms. The zero-order chi connectivity index (χ0) is 40.8. The number of nitrogens with zero attached hydrogens (tertiary/aromatic N) is 4. The predicted molar refractivity (Wildman–Crippen MR) is 210 cm³/mol. The molecule has 1 aromatic heterocycles. The van der Waals surface area contributed by atoms with Gasteiger partial charge in [0.15, 0.2) is 0 Å². The van der Waals surface area contributed by atoms with Gasteiger partial charge in [-0.1, -0.05) is 30.3 Å². The highest BCUT2D eigenvalue weighted by Gasteiger charge is 2.41. The molecule has 7 rings (SSSR count). The van der Waals surface area contributed by atoms with Gasteiger partial charge in [0, 0.05) is 94.3 Å². The maximum absolute atomic E-state index is 15.4. The average molecular weight is 804 g/mol. The van der Waals surface area contributed by atoms with Crippen molar-refractivity contribution >= 4 is 23.8 Å². The van der Waals surface area contributed by atoms with Crippen LogP contribution in [0.2, 0.25) is 0 Å². The van der Waals surface area contributed by atoms with E-state index in [-0.39, 0.29) is 66.4 Å². The van der Waals surface area contributed by atoms with Gasteiger partial charge in [-0.2, -0.15) is 0 Å². The van der Waals surface area contributed by atoms with Gasteiger partial charge in [0.25, 0.3) is 11.8 Å². The summed E-state index contributed by atoms with van der Waals surface area (Å²) in [5.74, 6) is -2.26. The topological polar surface area (TPSA) is 138 Å². The molecular weight excluding hydrogens is 752 g/mol. The minimum Gasteiger partial charge on any atom is -0.381 e. The van der Waals surface area contributed by atoms with Crippen LogP contribution in [-0.2, 0) is 25.7 Å². The van der Waals surface area contributed by atoms with Crippen molar-refractivity contribution in [2.75, 3.05) is 45.9 Å². The van der Waals surface area contributed by atoms with E-state index < -0.39 is 41.8 Å². The zero-order valence-electron chi connectivity index (χ0n) is 32.8. The van der Waals surface area contributed by atoms with Crippen LogP contribution in [0.25, 0.3) is 11.3 Å². The number of rotatable bonds is 14. The molecular formula is C43H52F3N7O5. The summed E-state index contributed by atoms with van der Waals surface area (Å²) >= 11 is 0. The van der Waals surface area contributed by atoms with E-state index in [1.807, 2.05) is 34.9 Å². The van der Waals surface area contributed by atoms with Crippen LogP contribution in [0, 0.1) is 35.3 Å². The van der Waals surface area contributed by atoms with E-state index in [2.05, 4.69) is 16.0 Å². The van der Waals surface area contributed by atoms with Crippen LogP contribution in [0.3, 0.4) is 0 Å². The number of carbonyl (C=O) groups is 4. The largest absolute Gasteiger partial charge is 0.381 e. The smallest absolute Gasteiger partial charge is 0.318 e. The molecule has 4 atom stereocenters. The third-order valence-corrected chi connectivity index (χ3v) is 12.0. The summed E-state index contributed by atoms with van der Waals surface area (Å²) in [5.41, 5.74) is 1.14. The molecule has 310 valence electrons. The fourth-order valence-corrected chi connectivity index (χ4v) is 8.71. The van der Waals surface area contributed by atoms with Crippen molar-refractivity contribution in [2.24, 2.45) is 23.7 Å². The lowest BCUT2D eigenvalue weighted by Crippen LogP contribution is -2.53. The third kappa shape index (κ3) is 9.80. The molecule has 3 aromatic rings. The average Bonchev–Trinajstić information content (AvgIpc) is 3.93. The molecule has 4 heterocycles. The summed E-state index contributed by atoms with van der Waals surface area (Å²) in [5, 5.41) is 9.17. The summed E-state index contributed by atoms with van der Waals surface area (Å²) in [7, 11) is 0. The zero-order valence-corrected chi connectivity index (χ0v) is 32.8. The van der Waals surface area contributed by atoms with E-state index in [1.54, 1.807) is 18.0 Å². The first-order valence-electron chi connectivity index (χ1n) is 20.4. The minimum absolute atomic E-state index is 0.00875. The van der Waals surface area contributed by atoms with Crippen molar-refractivity contribution in [3.63, 3.8) is 0 Å². The van der Waals surface area contributed by atoms with Crippen LogP contribution >= 0.6 is 0 Å². The first-order chi connectivity index (χ1) is 28.0. The molecule has 0 radical (unpaired) electrons. The first kappa shape index (κ1) is 41.2. The lowest BCUT2D eigenvalue weighted by molar-refractivity contribution is -0.138. The van der Waals surface area contributed by atoms with Crippen molar-refractivity contribution in [1.82, 2.24) is 35.3 Å². The Labute approximate surface area is 336 Å². The van der Waals surface area contributed by atoms with Gasteiger partial charge >= 0.3 is 6.03 Å². The predicted octanol–water partition coefficient (Wildman–Crippen LogP) is 5.15. The third-order valence-electron chi connectivity index (χ3n) is 12.0. The Bertz CT molecular complexity index is 1950. The van der Waals surface area contributed by atoms with Crippen molar-refractivity contribution in [3.05, 3.63) is 89.9 Å². The maximum Gasteiger partial charge on any atom is 0.318 e. The van der Waals surface area contributed by atoms with E-state index in [4.69, 9.17) is 9.72 Å². The fraction of sp³-hybridized carbons (Fsp3) is 0.512. The Hall–Kier alpha value is -5.02. The van der Waals surface area contributed by atoms with Gasteiger partial charge in [-0.3, -0.25) is 19.3 Å². The fourth-order valence-electron chi connectivity index (χ4n) is 8.71. The number of carbonyl (C=O) groups excluding carboxylic acids is 4. The van der Waals surface area contributed by atoms with Crippen LogP contribution in [0.4, 0.5) is 18.0 Å². The molecule has 1 unspecified atom stereocenters. The molecule has 15 heteroatoms. The number of amides is 5. The van der Waals surface area contributed by atoms with Crippen LogP contribution in [0.1, 0.15) is 62.9 Å². The molecule has 1 aliphatic carbocycles. The minimum atomic E-state index is -1.19. The lowest BCUT2D eigenvalue weighted by atomic mass is 9.81. The Morgan fingerprint density at radius 1 is 0.983 bits per heavy atom. The number of imide groups is 1. The van der Waals surface area contributed by atoms with E-state index in [9.17, 15) is 23.6 Å². The van der Waals surface area contributed by atoms with E-state index >= 15 is 8.78 Å². The van der Waals surface area contributed by atoms with Crippen LogP contribution in [0.15, 0.2) is 66.9 Å². The number of halogens is 3. The van der Waals surface area contributed by atoms with Gasteiger partial charge in [-0.15, -0.1) is 0 Å². The number of ether oxygens (including phenoxy) is 1. The van der Waals surface area contributed by atoms with E-state index in [0.717, 1.165) is 23.8 Å². The molecule has 2 aromatic carbocycles. The molecule has 4 aliphatic rings. The van der Waals surface area contributed by atoms with Gasteiger partial charge in [0.1, 0.15) is 23.6 Å². The lowest BCUT2D eigenvalue weighted by Gasteiger charge is -2.40. The molecule has 0 spiro atoms. The summed E-state index contributed by atoms with van der Waals surface area (Å²) in [4.78, 5) is 59.9. The summed E-state index contributed by atoms with van der Waals surface area (Å²) in [6.07, 6.45) is 6.91. The number of aromatic nitrogens is 2. The molecule has 3 fully saturated rings. The maximum atomic E-state index is 15.4. The van der Waals surface area contributed by atoms with Gasteiger partial charge in [-0.25, -0.2) is 22.9 Å². The normalized spacial score (nSPS) is 23.6. The number of imidazole rings is 1. The second-order valence-electron chi connectivity index (χ2n) is 16.1. The number of hydrogen-bond donors (Lipinski definition) is 3. The summed E-state index contributed by atoms with van der Waals surface area (Å²) in [6, 6.07) is 11.2. The van der Waals surface area contributed by atoms with Crippen molar-refractivity contribution in [3.8, 4) is 11.3 Å². The number of benzene rings is 2. The van der Waals surface area contributed by atoms with Crippen molar-refractivity contribution < 1.29 is 37.1 Å². The van der Waals surface area contributed by atoms with Crippen molar-refractivity contribution in [1.29, 1.82) is 0 Å². The Morgan fingerprint density at radius 2 is 1.71 bits per heavy atom. The van der Waals surface area contributed by atoms with Crippen LogP contribution < -0.4 is 16.0 Å². The molecule has 1 saturated carbocycles.